The zero-order valence-corrected chi connectivity index (χ0v) is 25.2. The molecule has 8 nitrogen and oxygen atoms in total. The van der Waals surface area contributed by atoms with Crippen LogP contribution in [-0.4, -0.2) is 57.4 Å². The molecule has 0 bridgehead atoms. The summed E-state index contributed by atoms with van der Waals surface area (Å²) >= 11 is 0. The maximum atomic E-state index is 12.3. The molecule has 3 fully saturated rings. The summed E-state index contributed by atoms with van der Waals surface area (Å²) in [6.07, 6.45) is 12.0. The molecule has 2 saturated carbocycles. The third-order valence-electron chi connectivity index (χ3n) is 10.9. The summed E-state index contributed by atoms with van der Waals surface area (Å²) in [6.45, 7) is 3.67. The van der Waals surface area contributed by atoms with Crippen LogP contribution in [0.4, 0.5) is 4.79 Å². The lowest BCUT2D eigenvalue weighted by atomic mass is 9.51. The van der Waals surface area contributed by atoms with Crippen LogP contribution in [0.3, 0.4) is 0 Å². The van der Waals surface area contributed by atoms with Gasteiger partial charge in [-0.15, -0.1) is 0 Å². The Morgan fingerprint density at radius 1 is 1.12 bits per heavy atom. The average Bonchev–Trinajstić information content (AvgIpc) is 3.29. The minimum atomic E-state index is -0.611. The molecular formula is C34H44N2O6. The summed E-state index contributed by atoms with van der Waals surface area (Å²) < 4.78 is 17.7. The average molecular weight is 577 g/mol. The van der Waals surface area contributed by atoms with E-state index in [-0.39, 0.29) is 28.9 Å². The van der Waals surface area contributed by atoms with Gasteiger partial charge in [-0.2, -0.15) is 0 Å². The molecule has 1 heterocycles. The molecule has 0 aromatic heterocycles. The summed E-state index contributed by atoms with van der Waals surface area (Å²) in [5, 5.41) is 6.61. The van der Waals surface area contributed by atoms with Crippen molar-refractivity contribution in [2.75, 3.05) is 27.4 Å². The molecule has 1 saturated heterocycles. The Kier molecular flexibility index (Phi) is 8.40. The van der Waals surface area contributed by atoms with E-state index in [4.69, 9.17) is 19.0 Å². The first-order chi connectivity index (χ1) is 20.4. The van der Waals surface area contributed by atoms with E-state index in [9.17, 15) is 9.59 Å². The van der Waals surface area contributed by atoms with Crippen LogP contribution in [0.1, 0.15) is 88.2 Å². The van der Waals surface area contributed by atoms with Gasteiger partial charge in [-0.1, -0.05) is 41.9 Å². The number of nitrogens with zero attached hydrogens (tertiary/aromatic N) is 1. The van der Waals surface area contributed by atoms with Crippen molar-refractivity contribution in [3.8, 4) is 0 Å². The molecule has 1 N–H and O–H groups in total. The lowest BCUT2D eigenvalue weighted by Crippen LogP contribution is -2.54. The number of carbonyl (C=O) groups excluding carboxylic acids is 2. The number of ether oxygens (including phenoxy) is 3. The molecule has 4 aliphatic carbocycles. The van der Waals surface area contributed by atoms with Crippen molar-refractivity contribution in [1.82, 2.24) is 5.32 Å². The van der Waals surface area contributed by atoms with Gasteiger partial charge in [0.2, 0.25) is 0 Å². The standard InChI is InChI=1S/C34H44N2O6/c1-33-19-28(23-9-7-22(8-10-23)20-35-42-32(38)36-30-6-4-5-17-41-30)31-26-14-12-25(37)18-24(26)11-13-27(31)29(33)15-16-34(33,40-3)21-39-2/h7-10,18,20,27-30H,4-6,11-17,19,21H2,1-3H3,(H,36,38)/b35-20+/t27?,28-,29?,30?,33+,34-/m1/s1. The number of hydrogen-bond donors (Lipinski definition) is 1. The number of fused-ring (bicyclic) bond motifs is 4. The minimum Gasteiger partial charge on any atom is -0.382 e. The third kappa shape index (κ3) is 5.26. The fourth-order valence-electron chi connectivity index (χ4n) is 8.86. The molecule has 1 amide bonds. The summed E-state index contributed by atoms with van der Waals surface area (Å²) in [5.74, 6) is 1.50. The van der Waals surface area contributed by atoms with Crippen LogP contribution in [-0.2, 0) is 23.8 Å². The van der Waals surface area contributed by atoms with Crippen LogP contribution in [0.2, 0.25) is 0 Å². The lowest BCUT2D eigenvalue weighted by molar-refractivity contribution is -0.149. The van der Waals surface area contributed by atoms with Gasteiger partial charge in [-0.05, 0) is 98.0 Å². The SMILES string of the molecule is COC[C@]1(OC)CCC2C3CCC4=CC(=O)CCC4=C3[C@@H](c3ccc(/C=N/OC(=O)NC4CCCCO4)cc3)C[C@@]21C. The maximum absolute atomic E-state index is 12.3. The molecule has 8 heteroatoms. The van der Waals surface area contributed by atoms with E-state index in [1.165, 1.54) is 16.7 Å². The highest BCUT2D eigenvalue weighted by molar-refractivity contribution is 5.93. The zero-order chi connectivity index (χ0) is 29.3. The molecule has 0 spiro atoms. The Balaban J connectivity index is 1.27. The van der Waals surface area contributed by atoms with Gasteiger partial charge < -0.3 is 14.2 Å². The van der Waals surface area contributed by atoms with Gasteiger partial charge in [0.25, 0.3) is 0 Å². The number of rotatable bonds is 7. The van der Waals surface area contributed by atoms with Gasteiger partial charge in [-0.25, -0.2) is 4.79 Å². The fraction of sp³-hybridized carbons (Fsp3) is 0.618. The van der Waals surface area contributed by atoms with Gasteiger partial charge in [0.05, 0.1) is 18.4 Å². The Labute approximate surface area is 248 Å². The molecule has 6 rings (SSSR count). The Bertz CT molecular complexity index is 1280. The van der Waals surface area contributed by atoms with E-state index >= 15 is 0 Å². The number of benzene rings is 1. The highest BCUT2D eigenvalue weighted by Gasteiger charge is 2.63. The van der Waals surface area contributed by atoms with Gasteiger partial charge in [-0.3, -0.25) is 14.9 Å². The number of oxime groups is 1. The van der Waals surface area contributed by atoms with Gasteiger partial charge in [0, 0.05) is 38.6 Å². The maximum Gasteiger partial charge on any atom is 0.435 e. The molecule has 6 atom stereocenters. The van der Waals surface area contributed by atoms with Crippen molar-refractivity contribution in [3.05, 3.63) is 58.2 Å². The smallest absolute Gasteiger partial charge is 0.382 e. The number of allylic oxidation sites excluding steroid dienone is 4. The molecule has 1 aliphatic heterocycles. The fourth-order valence-corrected chi connectivity index (χ4v) is 8.86. The number of carbonyl (C=O) groups is 2. The number of nitrogens with one attached hydrogen (secondary N) is 1. The van der Waals surface area contributed by atoms with E-state index in [1.54, 1.807) is 18.9 Å². The molecule has 3 unspecified atom stereocenters. The molecule has 1 aromatic carbocycles. The first kappa shape index (κ1) is 29.3. The highest BCUT2D eigenvalue weighted by atomic mass is 16.7. The predicted molar refractivity (Wildman–Crippen MR) is 159 cm³/mol. The quantitative estimate of drug-likeness (QED) is 0.236. The van der Waals surface area contributed by atoms with Crippen LogP contribution in [0.25, 0.3) is 0 Å². The molecule has 0 radical (unpaired) electrons. The molecule has 5 aliphatic rings. The summed E-state index contributed by atoms with van der Waals surface area (Å²) in [5.41, 5.74) is 6.02. The van der Waals surface area contributed by atoms with Crippen molar-refractivity contribution in [1.29, 1.82) is 0 Å². The molecule has 42 heavy (non-hydrogen) atoms. The van der Waals surface area contributed by atoms with E-state index in [2.05, 4.69) is 29.5 Å². The first-order valence-corrected chi connectivity index (χ1v) is 15.6. The monoisotopic (exact) mass is 576 g/mol. The van der Waals surface area contributed by atoms with E-state index < -0.39 is 6.09 Å². The number of amides is 1. The molecule has 226 valence electrons. The Morgan fingerprint density at radius 3 is 2.69 bits per heavy atom. The first-order valence-electron chi connectivity index (χ1n) is 15.6. The van der Waals surface area contributed by atoms with Crippen LogP contribution in [0, 0.1) is 17.3 Å². The third-order valence-corrected chi connectivity index (χ3v) is 10.9. The molecule has 1 aromatic rings. The number of hydrogen-bond acceptors (Lipinski definition) is 7. The van der Waals surface area contributed by atoms with Crippen LogP contribution >= 0.6 is 0 Å². The molecular weight excluding hydrogens is 532 g/mol. The Morgan fingerprint density at radius 2 is 1.95 bits per heavy atom. The summed E-state index contributed by atoms with van der Waals surface area (Å²) in [6, 6.07) is 8.44. The summed E-state index contributed by atoms with van der Waals surface area (Å²) in [4.78, 5) is 29.5. The number of methoxy groups -OCH3 is 2. The van der Waals surface area contributed by atoms with Crippen molar-refractivity contribution in [2.45, 2.75) is 88.9 Å². The van der Waals surface area contributed by atoms with Gasteiger partial charge >= 0.3 is 6.09 Å². The van der Waals surface area contributed by atoms with E-state index in [0.29, 0.717) is 31.5 Å². The van der Waals surface area contributed by atoms with Crippen molar-refractivity contribution < 1.29 is 28.6 Å². The predicted octanol–water partition coefficient (Wildman–Crippen LogP) is 6.20. The topological polar surface area (TPSA) is 95.5 Å². The van der Waals surface area contributed by atoms with Crippen molar-refractivity contribution in [2.24, 2.45) is 22.4 Å². The van der Waals surface area contributed by atoms with Crippen LogP contribution < -0.4 is 5.32 Å². The van der Waals surface area contributed by atoms with E-state index in [0.717, 1.165) is 63.4 Å². The highest BCUT2D eigenvalue weighted by Crippen LogP contribution is 2.67. The van der Waals surface area contributed by atoms with Gasteiger partial charge in [0.1, 0.15) is 6.23 Å². The van der Waals surface area contributed by atoms with Crippen molar-refractivity contribution in [3.63, 3.8) is 0 Å². The second-order valence-electron chi connectivity index (χ2n) is 12.9. The van der Waals surface area contributed by atoms with Crippen LogP contribution in [0.5, 0.6) is 0 Å². The largest absolute Gasteiger partial charge is 0.435 e. The van der Waals surface area contributed by atoms with Crippen molar-refractivity contribution >= 4 is 18.1 Å². The minimum absolute atomic E-state index is 0.0355. The Hall–Kier alpha value is -2.81. The second kappa shape index (κ2) is 12.1. The van der Waals surface area contributed by atoms with Crippen LogP contribution in [0.15, 0.2) is 52.2 Å². The normalized spacial score (nSPS) is 34.5. The number of ketones is 1. The summed E-state index contributed by atoms with van der Waals surface area (Å²) in [7, 11) is 3.63. The van der Waals surface area contributed by atoms with Gasteiger partial charge in [0.15, 0.2) is 5.78 Å². The van der Waals surface area contributed by atoms with E-state index in [1.807, 2.05) is 25.3 Å². The lowest BCUT2D eigenvalue weighted by Gasteiger charge is -2.55. The second-order valence-corrected chi connectivity index (χ2v) is 12.9. The zero-order valence-electron chi connectivity index (χ0n) is 25.2.